The Kier molecular flexibility index (Phi) is 11.7. The summed E-state index contributed by atoms with van der Waals surface area (Å²) in [7, 11) is 3.14. The molecule has 4 N–H and O–H groups in total. The highest BCUT2D eigenvalue weighted by molar-refractivity contribution is 5.74. The summed E-state index contributed by atoms with van der Waals surface area (Å²) >= 11 is 0. The van der Waals surface area contributed by atoms with Crippen LogP contribution in [-0.2, 0) is 56.9 Å². The van der Waals surface area contributed by atoms with E-state index in [0.29, 0.717) is 50.5 Å². The van der Waals surface area contributed by atoms with Crippen molar-refractivity contribution in [2.45, 2.75) is 189 Å². The number of rotatable bonds is 8. The summed E-state index contributed by atoms with van der Waals surface area (Å²) in [6.07, 6.45) is -2.71. The van der Waals surface area contributed by atoms with Crippen LogP contribution in [-0.4, -0.2) is 151 Å². The molecule has 20 atom stereocenters. The third-order valence-electron chi connectivity index (χ3n) is 14.5. The zero-order valence-corrected chi connectivity index (χ0v) is 34.0. The molecule has 16 nitrogen and oxygen atoms in total. The number of ether oxygens (including phenoxy) is 11. The van der Waals surface area contributed by atoms with E-state index in [2.05, 4.69) is 13.0 Å². The molecule has 5 saturated heterocycles. The Morgan fingerprint density at radius 2 is 1.44 bits per heavy atom. The van der Waals surface area contributed by atoms with Crippen LogP contribution in [0.1, 0.15) is 86.0 Å². The number of hydrogen-bond donors (Lipinski definition) is 4. The van der Waals surface area contributed by atoms with Gasteiger partial charge in [0.2, 0.25) is 5.79 Å². The van der Waals surface area contributed by atoms with Crippen molar-refractivity contribution in [1.82, 2.24) is 0 Å². The van der Waals surface area contributed by atoms with Crippen LogP contribution in [0.2, 0.25) is 0 Å². The van der Waals surface area contributed by atoms with Gasteiger partial charge in [-0.05, 0) is 64.2 Å². The van der Waals surface area contributed by atoms with Gasteiger partial charge in [0.15, 0.2) is 30.6 Å². The van der Waals surface area contributed by atoms with Gasteiger partial charge in [0.05, 0.1) is 67.6 Å². The Bertz CT molecular complexity index is 1530. The van der Waals surface area contributed by atoms with Crippen LogP contribution in [0.25, 0.3) is 0 Å². The van der Waals surface area contributed by atoms with Gasteiger partial charge in [-0.1, -0.05) is 18.6 Å². The summed E-state index contributed by atoms with van der Waals surface area (Å²) in [6.45, 7) is 9.29. The SMILES string of the molecule is CO[C@H]1C[C@H](O[C@@H]2CC3=CC[C@H]4C(=O)O[C@@H]5CO[C@]6(C)OC=C(CC[C@@H]4[C@@]3(C)C[C@H]2O)[C@]56O)O[C@H](C)[C@H]1O[C@H]1C[C@H](O)[C@H](O[C@H]2C[C@@H](OC)[C@@H](O)[C@H](C)O2)[C@@H](C)O1. The molecule has 8 aliphatic rings. The van der Waals surface area contributed by atoms with E-state index < -0.39 is 115 Å². The van der Waals surface area contributed by atoms with Crippen molar-refractivity contribution in [2.75, 3.05) is 20.8 Å². The Morgan fingerprint density at radius 3 is 2.16 bits per heavy atom. The average molecular weight is 811 g/mol. The molecule has 2 aliphatic carbocycles. The number of esters is 1. The largest absolute Gasteiger partial charge is 0.466 e. The van der Waals surface area contributed by atoms with Crippen molar-refractivity contribution in [2.24, 2.45) is 17.3 Å². The first-order valence-electron chi connectivity index (χ1n) is 20.7. The smallest absolute Gasteiger partial charge is 0.310 e. The van der Waals surface area contributed by atoms with Gasteiger partial charge < -0.3 is 72.5 Å². The van der Waals surface area contributed by atoms with E-state index in [1.807, 2.05) is 13.8 Å². The fourth-order valence-electron chi connectivity index (χ4n) is 11.0. The number of carbonyl (C=O) groups excluding carboxylic acids is 1. The Hall–Kier alpha value is -1.77. The number of aliphatic hydroxyl groups is 4. The molecule has 0 radical (unpaired) electrons. The second kappa shape index (κ2) is 15.9. The molecule has 0 bridgehead atoms. The zero-order valence-electron chi connectivity index (χ0n) is 34.0. The van der Waals surface area contributed by atoms with Gasteiger partial charge in [-0.3, -0.25) is 4.79 Å². The van der Waals surface area contributed by atoms with Crippen molar-refractivity contribution >= 4 is 5.97 Å². The molecule has 322 valence electrons. The standard InChI is InChI=1S/C41H62O16/c1-19-35(44)29(47-6)14-34(51-19)56-36-20(2)52-32(13-26(36)42)57-37-21(3)53-33(15-30(37)48-7)54-28-12-22-8-10-24-25(39(22,4)16-27(28)43)11-9-23-17-49-40(5)41(23,46)31(18-50-40)55-38(24)45/h8,17,19-21,24-37,42-44,46H,9-16,18H2,1-7H3/t19-,20+,21+,24+,25-,26-,27+,28+,29+,30-,31+,32-,33-,34-,35-,36+,37+,39-,40-,41-/m0/s1. The quantitative estimate of drug-likeness (QED) is 0.205. The third-order valence-corrected chi connectivity index (χ3v) is 14.5. The zero-order chi connectivity index (χ0) is 40.6. The molecular weight excluding hydrogens is 748 g/mol. The van der Waals surface area contributed by atoms with E-state index in [1.165, 1.54) is 7.11 Å². The van der Waals surface area contributed by atoms with E-state index in [4.69, 9.17) is 52.1 Å². The van der Waals surface area contributed by atoms with Crippen LogP contribution in [0.4, 0.5) is 0 Å². The molecule has 0 amide bonds. The number of aliphatic hydroxyl groups excluding tert-OH is 3. The van der Waals surface area contributed by atoms with Crippen LogP contribution in [0, 0.1) is 17.3 Å². The molecule has 16 heteroatoms. The molecule has 8 rings (SSSR count). The summed E-state index contributed by atoms with van der Waals surface area (Å²) < 4.78 is 66.4. The minimum Gasteiger partial charge on any atom is -0.466 e. The summed E-state index contributed by atoms with van der Waals surface area (Å²) in [5.74, 6) is -2.23. The number of methoxy groups -OCH3 is 2. The first-order chi connectivity index (χ1) is 27.1. The normalized spacial score (nSPS) is 52.5. The fourth-order valence-corrected chi connectivity index (χ4v) is 11.0. The minimum absolute atomic E-state index is 0.0502. The van der Waals surface area contributed by atoms with Crippen molar-refractivity contribution in [3.8, 4) is 0 Å². The highest BCUT2D eigenvalue weighted by Crippen LogP contribution is 2.58. The maximum absolute atomic E-state index is 13.8. The van der Waals surface area contributed by atoms with Crippen LogP contribution in [0.3, 0.4) is 0 Å². The molecule has 6 fully saturated rings. The molecule has 0 unspecified atom stereocenters. The summed E-state index contributed by atoms with van der Waals surface area (Å²) in [5, 5.41) is 45.0. The van der Waals surface area contributed by atoms with Gasteiger partial charge in [-0.2, -0.15) is 0 Å². The van der Waals surface area contributed by atoms with E-state index in [1.54, 1.807) is 27.2 Å². The third kappa shape index (κ3) is 7.31. The van der Waals surface area contributed by atoms with Crippen LogP contribution in [0.15, 0.2) is 23.5 Å². The van der Waals surface area contributed by atoms with E-state index >= 15 is 0 Å². The summed E-state index contributed by atoms with van der Waals surface area (Å²) in [6, 6.07) is 0. The number of fused-ring (bicyclic) bond motifs is 3. The monoisotopic (exact) mass is 810 g/mol. The molecule has 1 saturated carbocycles. The van der Waals surface area contributed by atoms with E-state index in [-0.39, 0.29) is 24.9 Å². The first-order valence-corrected chi connectivity index (χ1v) is 20.7. The first kappa shape index (κ1) is 41.9. The van der Waals surface area contributed by atoms with Crippen molar-refractivity contribution in [3.63, 3.8) is 0 Å². The maximum atomic E-state index is 13.8. The van der Waals surface area contributed by atoms with Crippen LogP contribution in [0.5, 0.6) is 0 Å². The molecule has 0 spiro atoms. The maximum Gasteiger partial charge on any atom is 0.310 e. The van der Waals surface area contributed by atoms with Crippen molar-refractivity contribution in [1.29, 1.82) is 0 Å². The Balaban J connectivity index is 0.874. The minimum atomic E-state index is -1.55. The lowest BCUT2D eigenvalue weighted by Gasteiger charge is -2.52. The molecule has 0 aromatic rings. The van der Waals surface area contributed by atoms with Gasteiger partial charge in [-0.25, -0.2) is 0 Å². The topological polar surface area (TPSA) is 200 Å². The summed E-state index contributed by atoms with van der Waals surface area (Å²) in [4.78, 5) is 13.8. The highest BCUT2D eigenvalue weighted by Gasteiger charge is 2.68. The lowest BCUT2D eigenvalue weighted by Crippen LogP contribution is -2.57. The number of carbonyl (C=O) groups is 1. The van der Waals surface area contributed by atoms with Crippen LogP contribution < -0.4 is 0 Å². The summed E-state index contributed by atoms with van der Waals surface area (Å²) in [5.41, 5.74) is -0.252. The van der Waals surface area contributed by atoms with Gasteiger partial charge >= 0.3 is 5.97 Å². The van der Waals surface area contributed by atoms with Gasteiger partial charge in [0, 0.05) is 46.0 Å². The van der Waals surface area contributed by atoms with Gasteiger partial charge in [-0.15, -0.1) is 0 Å². The second-order valence-corrected chi connectivity index (χ2v) is 17.8. The Labute approximate surface area is 333 Å². The number of allylic oxidation sites excluding steroid dienone is 1. The van der Waals surface area contributed by atoms with Crippen molar-refractivity contribution in [3.05, 3.63) is 23.5 Å². The fraction of sp³-hybridized carbons (Fsp3) is 0.878. The highest BCUT2D eigenvalue weighted by atomic mass is 16.8. The molecule has 6 heterocycles. The lowest BCUT2D eigenvalue weighted by atomic mass is 9.55. The number of hydrogen-bond acceptors (Lipinski definition) is 16. The predicted octanol–water partition coefficient (Wildman–Crippen LogP) is 2.12. The molecule has 6 aliphatic heterocycles. The Morgan fingerprint density at radius 1 is 0.789 bits per heavy atom. The molecular formula is C41H62O16. The molecule has 0 aromatic heterocycles. The van der Waals surface area contributed by atoms with Crippen LogP contribution >= 0.6 is 0 Å². The molecule has 57 heavy (non-hydrogen) atoms. The van der Waals surface area contributed by atoms with Crippen molar-refractivity contribution < 1.29 is 77.3 Å². The van der Waals surface area contributed by atoms with E-state index in [0.717, 1.165) is 5.57 Å². The molecule has 0 aromatic carbocycles. The average Bonchev–Trinajstić information content (AvgIpc) is 3.58. The predicted molar refractivity (Wildman–Crippen MR) is 196 cm³/mol. The van der Waals surface area contributed by atoms with E-state index in [9.17, 15) is 25.2 Å². The lowest BCUT2D eigenvalue weighted by molar-refractivity contribution is -0.338. The van der Waals surface area contributed by atoms with Gasteiger partial charge in [0.25, 0.3) is 0 Å². The van der Waals surface area contributed by atoms with Gasteiger partial charge in [0.1, 0.15) is 18.3 Å². The second-order valence-electron chi connectivity index (χ2n) is 17.8.